The fourth-order valence-electron chi connectivity index (χ4n) is 1.80. The van der Waals surface area contributed by atoms with Crippen LogP contribution in [0.3, 0.4) is 0 Å². The molecule has 1 unspecified atom stereocenters. The Balaban J connectivity index is 2.42. The number of halogens is 2. The van der Waals surface area contributed by atoms with Crippen LogP contribution >= 0.6 is 0 Å². The predicted molar refractivity (Wildman–Crippen MR) is 71.9 cm³/mol. The van der Waals surface area contributed by atoms with Gasteiger partial charge in [0.05, 0.1) is 6.61 Å². The van der Waals surface area contributed by atoms with E-state index in [0.717, 1.165) is 12.6 Å². The van der Waals surface area contributed by atoms with Crippen molar-refractivity contribution in [3.63, 3.8) is 0 Å². The van der Waals surface area contributed by atoms with E-state index < -0.39 is 17.7 Å². The van der Waals surface area contributed by atoms with Crippen LogP contribution in [0.5, 0.6) is 0 Å². The van der Waals surface area contributed by atoms with Gasteiger partial charge in [0.25, 0.3) is 0 Å². The Morgan fingerprint density at radius 1 is 1.32 bits per heavy atom. The average Bonchev–Trinajstić information content (AvgIpc) is 2.39. The SMILES string of the molecule is CCOCCN(C)CCC(N)c1cccc(F)c1F. The second-order valence-electron chi connectivity index (χ2n) is 4.54. The molecule has 0 aliphatic rings. The lowest BCUT2D eigenvalue weighted by molar-refractivity contribution is 0.121. The van der Waals surface area contributed by atoms with Crippen LogP contribution in [-0.4, -0.2) is 38.3 Å². The first kappa shape index (κ1) is 16.0. The maximum atomic E-state index is 13.5. The third-order valence-corrected chi connectivity index (χ3v) is 3.02. The van der Waals surface area contributed by atoms with E-state index in [2.05, 4.69) is 4.90 Å². The van der Waals surface area contributed by atoms with Gasteiger partial charge >= 0.3 is 0 Å². The molecule has 0 aliphatic heterocycles. The summed E-state index contributed by atoms with van der Waals surface area (Å²) in [6.45, 7) is 4.82. The zero-order valence-electron chi connectivity index (χ0n) is 11.5. The highest BCUT2D eigenvalue weighted by atomic mass is 19.2. The Kier molecular flexibility index (Phi) is 6.91. The summed E-state index contributed by atoms with van der Waals surface area (Å²) >= 11 is 0. The van der Waals surface area contributed by atoms with E-state index in [1.54, 1.807) is 0 Å². The summed E-state index contributed by atoms with van der Waals surface area (Å²) < 4.78 is 31.9. The molecule has 0 aliphatic carbocycles. The molecule has 108 valence electrons. The second kappa shape index (κ2) is 8.19. The molecule has 0 saturated carbocycles. The molecular weight excluding hydrogens is 250 g/mol. The predicted octanol–water partition coefficient (Wildman–Crippen LogP) is 2.32. The van der Waals surface area contributed by atoms with Crippen LogP contribution in [0.4, 0.5) is 8.78 Å². The number of likely N-dealkylation sites (N-methyl/N-ethyl adjacent to an activating group) is 1. The quantitative estimate of drug-likeness (QED) is 0.738. The summed E-state index contributed by atoms with van der Waals surface area (Å²) in [5.41, 5.74) is 6.14. The van der Waals surface area contributed by atoms with Crippen LogP contribution < -0.4 is 5.73 Å². The Hall–Kier alpha value is -1.04. The van der Waals surface area contributed by atoms with E-state index in [1.165, 1.54) is 12.1 Å². The lowest BCUT2D eigenvalue weighted by Gasteiger charge is -2.19. The van der Waals surface area contributed by atoms with Crippen molar-refractivity contribution in [2.24, 2.45) is 5.73 Å². The number of hydrogen-bond acceptors (Lipinski definition) is 3. The Morgan fingerprint density at radius 2 is 2.05 bits per heavy atom. The summed E-state index contributed by atoms with van der Waals surface area (Å²) in [6, 6.07) is 3.61. The largest absolute Gasteiger partial charge is 0.380 e. The monoisotopic (exact) mass is 272 g/mol. The van der Waals surface area contributed by atoms with Crippen molar-refractivity contribution in [1.82, 2.24) is 4.90 Å². The molecule has 0 bridgehead atoms. The number of nitrogens with two attached hydrogens (primary N) is 1. The zero-order chi connectivity index (χ0) is 14.3. The topological polar surface area (TPSA) is 38.5 Å². The highest BCUT2D eigenvalue weighted by Crippen LogP contribution is 2.20. The molecule has 19 heavy (non-hydrogen) atoms. The molecule has 0 fully saturated rings. The van der Waals surface area contributed by atoms with Gasteiger partial charge in [-0.1, -0.05) is 12.1 Å². The molecule has 2 N–H and O–H groups in total. The molecule has 1 rings (SSSR count). The first-order valence-electron chi connectivity index (χ1n) is 6.52. The maximum Gasteiger partial charge on any atom is 0.163 e. The van der Waals surface area contributed by atoms with Gasteiger partial charge in [-0.15, -0.1) is 0 Å². The van der Waals surface area contributed by atoms with Crippen molar-refractivity contribution in [1.29, 1.82) is 0 Å². The number of nitrogens with zero attached hydrogens (tertiary/aromatic N) is 1. The zero-order valence-corrected chi connectivity index (χ0v) is 11.5. The lowest BCUT2D eigenvalue weighted by Crippen LogP contribution is -2.27. The molecule has 3 nitrogen and oxygen atoms in total. The summed E-state index contributed by atoms with van der Waals surface area (Å²) in [7, 11) is 1.95. The molecule has 5 heteroatoms. The van der Waals surface area contributed by atoms with Gasteiger partial charge in [-0.05, 0) is 33.0 Å². The third-order valence-electron chi connectivity index (χ3n) is 3.02. The van der Waals surface area contributed by atoms with Gasteiger partial charge in [0.15, 0.2) is 11.6 Å². The van der Waals surface area contributed by atoms with Crippen LogP contribution in [0.1, 0.15) is 24.9 Å². The normalized spacial score (nSPS) is 12.9. The summed E-state index contributed by atoms with van der Waals surface area (Å²) in [5.74, 6) is -1.69. The van der Waals surface area contributed by atoms with Gasteiger partial charge in [-0.3, -0.25) is 0 Å². The van der Waals surface area contributed by atoms with Crippen molar-refractivity contribution in [3.05, 3.63) is 35.4 Å². The van der Waals surface area contributed by atoms with Crippen LogP contribution in [-0.2, 0) is 4.74 Å². The Morgan fingerprint density at radius 3 is 2.74 bits per heavy atom. The van der Waals surface area contributed by atoms with Gasteiger partial charge in [0.1, 0.15) is 0 Å². The fourth-order valence-corrected chi connectivity index (χ4v) is 1.80. The van der Waals surface area contributed by atoms with Gasteiger partial charge in [0.2, 0.25) is 0 Å². The molecule has 0 amide bonds. The highest BCUT2D eigenvalue weighted by Gasteiger charge is 2.14. The van der Waals surface area contributed by atoms with Gasteiger partial charge in [0, 0.05) is 24.8 Å². The van der Waals surface area contributed by atoms with Gasteiger partial charge in [-0.2, -0.15) is 0 Å². The van der Waals surface area contributed by atoms with Crippen molar-refractivity contribution in [2.75, 3.05) is 33.4 Å². The standard InChI is InChI=1S/C14H22F2N2O/c1-3-19-10-9-18(2)8-7-13(17)11-5-4-6-12(15)14(11)16/h4-6,13H,3,7-10,17H2,1-2H3. The van der Waals surface area contributed by atoms with E-state index in [9.17, 15) is 8.78 Å². The first-order chi connectivity index (χ1) is 9.06. The summed E-state index contributed by atoms with van der Waals surface area (Å²) in [6.07, 6.45) is 0.572. The molecule has 0 aromatic heterocycles. The highest BCUT2D eigenvalue weighted by molar-refractivity contribution is 5.22. The van der Waals surface area contributed by atoms with Crippen molar-refractivity contribution >= 4 is 0 Å². The number of rotatable bonds is 8. The summed E-state index contributed by atoms with van der Waals surface area (Å²) in [4.78, 5) is 2.06. The Labute approximate surface area is 113 Å². The van der Waals surface area contributed by atoms with E-state index in [1.807, 2.05) is 14.0 Å². The van der Waals surface area contributed by atoms with Crippen LogP contribution in [0.25, 0.3) is 0 Å². The van der Waals surface area contributed by atoms with E-state index >= 15 is 0 Å². The van der Waals surface area contributed by atoms with Crippen molar-refractivity contribution < 1.29 is 13.5 Å². The number of ether oxygens (including phenoxy) is 1. The van der Waals surface area contributed by atoms with E-state index in [0.29, 0.717) is 26.2 Å². The number of hydrogen-bond donors (Lipinski definition) is 1. The van der Waals surface area contributed by atoms with Gasteiger partial charge < -0.3 is 15.4 Å². The molecular formula is C14H22F2N2O. The fraction of sp³-hybridized carbons (Fsp3) is 0.571. The summed E-state index contributed by atoms with van der Waals surface area (Å²) in [5, 5.41) is 0. The molecule has 1 aromatic carbocycles. The minimum atomic E-state index is -0.849. The van der Waals surface area contributed by atoms with Crippen LogP contribution in [0.15, 0.2) is 18.2 Å². The van der Waals surface area contributed by atoms with E-state index in [-0.39, 0.29) is 5.56 Å². The molecule has 1 aromatic rings. The average molecular weight is 272 g/mol. The number of benzene rings is 1. The van der Waals surface area contributed by atoms with Gasteiger partial charge in [-0.25, -0.2) is 8.78 Å². The molecule has 0 radical (unpaired) electrons. The minimum Gasteiger partial charge on any atom is -0.380 e. The molecule has 0 saturated heterocycles. The van der Waals surface area contributed by atoms with Crippen LogP contribution in [0, 0.1) is 11.6 Å². The second-order valence-corrected chi connectivity index (χ2v) is 4.54. The molecule has 1 atom stereocenters. The molecule has 0 spiro atoms. The first-order valence-corrected chi connectivity index (χ1v) is 6.52. The van der Waals surface area contributed by atoms with Crippen molar-refractivity contribution in [3.8, 4) is 0 Å². The third kappa shape index (κ3) is 5.22. The van der Waals surface area contributed by atoms with Crippen molar-refractivity contribution in [2.45, 2.75) is 19.4 Å². The Bertz CT molecular complexity index is 388. The molecule has 0 heterocycles. The smallest absolute Gasteiger partial charge is 0.163 e. The lowest BCUT2D eigenvalue weighted by atomic mass is 10.0. The van der Waals surface area contributed by atoms with Crippen LogP contribution in [0.2, 0.25) is 0 Å². The maximum absolute atomic E-state index is 13.5. The minimum absolute atomic E-state index is 0.234. The van der Waals surface area contributed by atoms with E-state index in [4.69, 9.17) is 10.5 Å².